The number of rotatable bonds is 26. The molecule has 7 N–H and O–H groups in total. The van der Waals surface area contributed by atoms with Gasteiger partial charge >= 0.3 is 23.8 Å². The number of unbranched alkanes of at least 4 members (excludes halogenated alkanes) is 1. The Morgan fingerprint density at radius 2 is 1.51 bits per heavy atom. The molecule has 3 rings (SSSR count). The number of benzene rings is 1. The van der Waals surface area contributed by atoms with E-state index in [1.54, 1.807) is 0 Å². The zero-order chi connectivity index (χ0) is 38.7. The van der Waals surface area contributed by atoms with Crippen molar-refractivity contribution in [2.45, 2.75) is 80.5 Å². The van der Waals surface area contributed by atoms with Crippen LogP contribution in [0.2, 0.25) is 0 Å². The Morgan fingerprint density at radius 1 is 0.906 bits per heavy atom. The standard InChI is InChI=1S/C33H48F3N7O9S/c34-33(35,36)32(42-43-32)23-9-7-22(8-10-23)29(47)40-25(21-28(45)46)30(48)39-13-4-15-51-17-19-52-18-16-50-14-3-12-38-27(44)6-2-1-5-26-24(11-20-53-26)41-31(37)49/h7-10,24-26H,1-6,11-21H2,(H,38,44)(H,39,48)(H,40,47)(H,45,46)(H3,37,41,49)/t24-,25+,26-/m0/s1. The van der Waals surface area contributed by atoms with Gasteiger partial charge in [0.15, 0.2) is 0 Å². The molecule has 0 radical (unpaired) electrons. The summed E-state index contributed by atoms with van der Waals surface area (Å²) in [6.07, 6.45) is -0.356. The number of thioether (sulfide) groups is 1. The Bertz CT molecular complexity index is 1380. The molecule has 2 heterocycles. The number of nitrogens with two attached hydrogens (primary N) is 1. The normalized spacial score (nSPS) is 17.9. The number of carbonyl (C=O) groups is 5. The van der Waals surface area contributed by atoms with Crippen LogP contribution < -0.4 is 27.0 Å². The molecule has 0 bridgehead atoms. The van der Waals surface area contributed by atoms with E-state index < -0.39 is 48.1 Å². The summed E-state index contributed by atoms with van der Waals surface area (Å²) in [5.41, 5.74) is 2.24. The van der Waals surface area contributed by atoms with E-state index in [0.717, 1.165) is 55.7 Å². The number of ether oxygens (including phenoxy) is 3. The van der Waals surface area contributed by atoms with Gasteiger partial charge in [-0.1, -0.05) is 18.6 Å². The third-order valence-electron chi connectivity index (χ3n) is 8.22. The number of carbonyl (C=O) groups excluding carboxylic acids is 4. The van der Waals surface area contributed by atoms with Crippen molar-refractivity contribution in [3.05, 3.63) is 35.4 Å². The van der Waals surface area contributed by atoms with Crippen molar-refractivity contribution in [1.82, 2.24) is 21.3 Å². The van der Waals surface area contributed by atoms with E-state index in [1.165, 1.54) is 0 Å². The first-order valence-corrected chi connectivity index (χ1v) is 18.5. The molecule has 1 saturated heterocycles. The number of urea groups is 1. The first kappa shape index (κ1) is 43.4. The summed E-state index contributed by atoms with van der Waals surface area (Å²) < 4.78 is 56.0. The zero-order valence-corrected chi connectivity index (χ0v) is 30.1. The summed E-state index contributed by atoms with van der Waals surface area (Å²) in [5.74, 6) is -1.91. The molecule has 2 aliphatic rings. The predicted molar refractivity (Wildman–Crippen MR) is 186 cm³/mol. The number of carboxylic acids is 1. The van der Waals surface area contributed by atoms with Gasteiger partial charge in [0.05, 0.1) is 32.8 Å². The second-order valence-corrected chi connectivity index (χ2v) is 13.7. The summed E-state index contributed by atoms with van der Waals surface area (Å²) in [4.78, 5) is 59.6. The maximum Gasteiger partial charge on any atom is 0.442 e. The van der Waals surface area contributed by atoms with Crippen LogP contribution in [0, 0.1) is 0 Å². The highest BCUT2D eigenvalue weighted by molar-refractivity contribution is 8.00. The van der Waals surface area contributed by atoms with Gasteiger partial charge in [-0.25, -0.2) is 4.79 Å². The van der Waals surface area contributed by atoms with Gasteiger partial charge in [-0.2, -0.15) is 24.9 Å². The zero-order valence-electron chi connectivity index (χ0n) is 29.3. The molecule has 296 valence electrons. The monoisotopic (exact) mass is 775 g/mol. The van der Waals surface area contributed by atoms with Gasteiger partial charge in [0.2, 0.25) is 11.8 Å². The van der Waals surface area contributed by atoms with Crippen molar-refractivity contribution in [3.63, 3.8) is 0 Å². The molecule has 0 spiro atoms. The molecular weight excluding hydrogens is 727 g/mol. The Kier molecular flexibility index (Phi) is 18.2. The van der Waals surface area contributed by atoms with Crippen LogP contribution in [0.25, 0.3) is 0 Å². The Morgan fingerprint density at radius 3 is 2.08 bits per heavy atom. The number of aliphatic carboxylic acids is 1. The summed E-state index contributed by atoms with van der Waals surface area (Å²) in [6.45, 7) is 2.78. The van der Waals surface area contributed by atoms with Crippen LogP contribution in [-0.4, -0.2) is 117 Å². The molecule has 16 nitrogen and oxygen atoms in total. The third kappa shape index (κ3) is 15.5. The molecule has 0 aliphatic carbocycles. The summed E-state index contributed by atoms with van der Waals surface area (Å²) in [5, 5.41) is 26.3. The van der Waals surface area contributed by atoms with E-state index in [-0.39, 0.29) is 36.2 Å². The molecule has 1 fully saturated rings. The van der Waals surface area contributed by atoms with Crippen molar-refractivity contribution in [2.24, 2.45) is 16.0 Å². The molecule has 0 aromatic heterocycles. The van der Waals surface area contributed by atoms with E-state index in [4.69, 9.17) is 19.9 Å². The average Bonchev–Trinajstić information content (AvgIpc) is 3.83. The van der Waals surface area contributed by atoms with Crippen LogP contribution in [0.5, 0.6) is 0 Å². The number of hydrogen-bond donors (Lipinski definition) is 6. The average molecular weight is 776 g/mol. The number of halogens is 3. The number of primary amides is 1. The molecule has 5 amide bonds. The van der Waals surface area contributed by atoms with Crippen molar-refractivity contribution in [3.8, 4) is 0 Å². The number of alkyl halides is 3. The second-order valence-electron chi connectivity index (χ2n) is 12.3. The minimum absolute atomic E-state index is 0.00548. The highest BCUT2D eigenvalue weighted by Crippen LogP contribution is 2.52. The van der Waals surface area contributed by atoms with Crippen LogP contribution in [-0.2, 0) is 34.3 Å². The van der Waals surface area contributed by atoms with Gasteiger partial charge < -0.3 is 46.3 Å². The fourth-order valence-electron chi connectivity index (χ4n) is 5.38. The smallest absolute Gasteiger partial charge is 0.442 e. The van der Waals surface area contributed by atoms with E-state index in [1.807, 2.05) is 11.8 Å². The van der Waals surface area contributed by atoms with E-state index in [0.29, 0.717) is 64.1 Å². The van der Waals surface area contributed by atoms with Crippen molar-refractivity contribution < 1.29 is 56.5 Å². The maximum atomic E-state index is 13.2. The Labute approximate surface area is 309 Å². The van der Waals surface area contributed by atoms with Crippen LogP contribution in [0.3, 0.4) is 0 Å². The van der Waals surface area contributed by atoms with Gasteiger partial charge in [-0.15, -0.1) is 10.2 Å². The van der Waals surface area contributed by atoms with E-state index in [2.05, 4.69) is 31.5 Å². The number of nitrogens with zero attached hydrogens (tertiary/aromatic N) is 2. The quantitative estimate of drug-likeness (QED) is 0.0754. The third-order valence-corrected chi connectivity index (χ3v) is 9.69. The lowest BCUT2D eigenvalue weighted by Crippen LogP contribution is -2.48. The Hall–Kier alpha value is -4.01. The van der Waals surface area contributed by atoms with Crippen LogP contribution in [0.4, 0.5) is 18.0 Å². The van der Waals surface area contributed by atoms with E-state index >= 15 is 0 Å². The lowest BCUT2D eigenvalue weighted by Gasteiger charge is -2.18. The molecular formula is C33H48F3N7O9S. The molecule has 0 unspecified atom stereocenters. The second kappa shape index (κ2) is 22.3. The van der Waals surface area contributed by atoms with Gasteiger partial charge in [-0.05, 0) is 50.0 Å². The summed E-state index contributed by atoms with van der Waals surface area (Å²) in [7, 11) is 0. The van der Waals surface area contributed by atoms with Crippen molar-refractivity contribution in [1.29, 1.82) is 0 Å². The SMILES string of the molecule is NC(=O)N[C@H]1CCS[C@H]1CCCCC(=O)NCCCOCCOCCOCCCNC(=O)[C@@H](CC(=O)O)NC(=O)c1ccc(C2(C(F)(F)F)N=N2)cc1. The number of carboxylic acid groups (broad SMARTS) is 1. The highest BCUT2D eigenvalue weighted by Gasteiger charge is 2.65. The molecule has 20 heteroatoms. The lowest BCUT2D eigenvalue weighted by atomic mass is 10.0. The topological polar surface area (TPSA) is 232 Å². The van der Waals surface area contributed by atoms with Gasteiger partial charge in [0.25, 0.3) is 5.91 Å². The molecule has 53 heavy (non-hydrogen) atoms. The molecule has 2 aliphatic heterocycles. The fourth-order valence-corrected chi connectivity index (χ4v) is 6.84. The number of nitrogens with one attached hydrogen (secondary N) is 4. The van der Waals surface area contributed by atoms with Gasteiger partial charge in [0, 0.05) is 55.1 Å². The van der Waals surface area contributed by atoms with Crippen LogP contribution in [0.1, 0.15) is 67.3 Å². The minimum Gasteiger partial charge on any atom is -0.481 e. The lowest BCUT2D eigenvalue weighted by molar-refractivity contribution is -0.166. The van der Waals surface area contributed by atoms with Gasteiger partial charge in [0.1, 0.15) is 6.04 Å². The van der Waals surface area contributed by atoms with Crippen LogP contribution in [0.15, 0.2) is 34.5 Å². The molecule has 1 aromatic rings. The van der Waals surface area contributed by atoms with Gasteiger partial charge in [-0.3, -0.25) is 19.2 Å². The largest absolute Gasteiger partial charge is 0.481 e. The first-order chi connectivity index (χ1) is 25.3. The molecule has 0 saturated carbocycles. The number of amides is 5. The highest BCUT2D eigenvalue weighted by atomic mass is 32.2. The summed E-state index contributed by atoms with van der Waals surface area (Å²) >= 11 is 1.84. The number of hydrogen-bond acceptors (Lipinski definition) is 11. The van der Waals surface area contributed by atoms with Crippen molar-refractivity contribution in [2.75, 3.05) is 58.5 Å². The Balaban J connectivity index is 1.14. The molecule has 1 aromatic carbocycles. The first-order valence-electron chi connectivity index (χ1n) is 17.4. The van der Waals surface area contributed by atoms with Crippen LogP contribution >= 0.6 is 11.8 Å². The predicted octanol–water partition coefficient (Wildman–Crippen LogP) is 2.61. The van der Waals surface area contributed by atoms with Crippen molar-refractivity contribution >= 4 is 41.5 Å². The molecule has 3 atom stereocenters. The maximum absolute atomic E-state index is 13.2. The minimum atomic E-state index is -4.73. The van der Waals surface area contributed by atoms with E-state index in [9.17, 15) is 42.3 Å². The fraction of sp³-hybridized carbons (Fsp3) is 0.667. The summed E-state index contributed by atoms with van der Waals surface area (Å²) in [6, 6.07) is 2.51.